The molecule has 1 heterocycles. The lowest BCUT2D eigenvalue weighted by Gasteiger charge is -2.37. The average Bonchev–Trinajstić information content (AvgIpc) is 2.70. The van der Waals surface area contributed by atoms with E-state index in [1.807, 2.05) is 6.92 Å². The summed E-state index contributed by atoms with van der Waals surface area (Å²) in [5, 5.41) is 29.8. The Morgan fingerprint density at radius 2 is 2.22 bits per heavy atom. The van der Waals surface area contributed by atoms with E-state index in [1.165, 1.54) is 13.2 Å². The minimum Gasteiger partial charge on any atom is -0.461 e. The lowest BCUT2D eigenvalue weighted by molar-refractivity contribution is -0.143. The SMILES string of the molecule is CCCC(=O)c1occ2c1C[C@@H](O)[C@@](C)(O)[C@H]2O. The molecule has 3 N–H and O–H groups in total. The van der Waals surface area contributed by atoms with Gasteiger partial charge in [-0.3, -0.25) is 4.79 Å². The largest absolute Gasteiger partial charge is 0.461 e. The normalized spacial score (nSPS) is 31.2. The van der Waals surface area contributed by atoms with E-state index in [1.54, 1.807) is 0 Å². The third-order valence-electron chi connectivity index (χ3n) is 3.58. The van der Waals surface area contributed by atoms with Crippen LogP contribution in [0.1, 0.15) is 54.5 Å². The number of fused-ring (bicyclic) bond motifs is 1. The first-order chi connectivity index (χ1) is 8.39. The van der Waals surface area contributed by atoms with Crippen LogP contribution in [0.4, 0.5) is 0 Å². The van der Waals surface area contributed by atoms with Crippen molar-refractivity contribution in [2.24, 2.45) is 0 Å². The van der Waals surface area contributed by atoms with Crippen molar-refractivity contribution in [3.05, 3.63) is 23.2 Å². The molecule has 0 radical (unpaired) electrons. The monoisotopic (exact) mass is 254 g/mol. The molecule has 5 heteroatoms. The van der Waals surface area contributed by atoms with Gasteiger partial charge in [-0.15, -0.1) is 0 Å². The minimum atomic E-state index is -1.62. The van der Waals surface area contributed by atoms with Crippen LogP contribution >= 0.6 is 0 Å². The van der Waals surface area contributed by atoms with Crippen molar-refractivity contribution in [3.63, 3.8) is 0 Å². The molecule has 0 fully saturated rings. The Hall–Kier alpha value is -1.17. The van der Waals surface area contributed by atoms with Gasteiger partial charge in [0.25, 0.3) is 0 Å². The van der Waals surface area contributed by atoms with Crippen LogP contribution in [-0.2, 0) is 6.42 Å². The smallest absolute Gasteiger partial charge is 0.198 e. The van der Waals surface area contributed by atoms with Gasteiger partial charge in [-0.25, -0.2) is 0 Å². The second kappa shape index (κ2) is 4.50. The molecule has 0 saturated carbocycles. The van der Waals surface area contributed by atoms with E-state index < -0.39 is 17.8 Å². The van der Waals surface area contributed by atoms with Crippen molar-refractivity contribution >= 4 is 5.78 Å². The number of furan rings is 1. The van der Waals surface area contributed by atoms with Gasteiger partial charge in [0.05, 0.1) is 12.4 Å². The highest BCUT2D eigenvalue weighted by atomic mass is 16.4. The fourth-order valence-corrected chi connectivity index (χ4v) is 2.31. The summed E-state index contributed by atoms with van der Waals surface area (Å²) in [6.45, 7) is 3.26. The summed E-state index contributed by atoms with van der Waals surface area (Å²) in [5.41, 5.74) is -0.716. The summed E-state index contributed by atoms with van der Waals surface area (Å²) in [4.78, 5) is 11.8. The second-order valence-electron chi connectivity index (χ2n) is 5.02. The fourth-order valence-electron chi connectivity index (χ4n) is 2.31. The average molecular weight is 254 g/mol. The lowest BCUT2D eigenvalue weighted by atomic mass is 9.78. The zero-order valence-electron chi connectivity index (χ0n) is 10.5. The molecule has 0 bridgehead atoms. The quantitative estimate of drug-likeness (QED) is 0.699. The molecule has 100 valence electrons. The molecule has 1 aliphatic rings. The number of hydrogen-bond acceptors (Lipinski definition) is 5. The van der Waals surface area contributed by atoms with Crippen LogP contribution < -0.4 is 0 Å². The Morgan fingerprint density at radius 1 is 1.56 bits per heavy atom. The van der Waals surface area contributed by atoms with Crippen molar-refractivity contribution < 1.29 is 24.5 Å². The Kier molecular flexibility index (Phi) is 3.31. The second-order valence-corrected chi connectivity index (χ2v) is 5.02. The van der Waals surface area contributed by atoms with Crippen LogP contribution in [0, 0.1) is 0 Å². The van der Waals surface area contributed by atoms with Gasteiger partial charge < -0.3 is 19.7 Å². The van der Waals surface area contributed by atoms with Crippen LogP contribution in [0.15, 0.2) is 10.7 Å². The zero-order chi connectivity index (χ0) is 13.5. The maximum absolute atomic E-state index is 11.8. The topological polar surface area (TPSA) is 90.9 Å². The number of Topliss-reactive ketones (excluding diaryl/α,β-unsaturated/α-hetero) is 1. The number of carbonyl (C=O) groups is 1. The standard InChI is InChI=1S/C13H18O5/c1-3-4-9(14)11-7-5-10(15)13(2,17)12(16)8(7)6-18-11/h6,10,12,15-17H,3-5H2,1-2H3/t10-,12+,13-/m1/s1. The predicted molar refractivity (Wildman–Crippen MR) is 63.2 cm³/mol. The van der Waals surface area contributed by atoms with E-state index in [4.69, 9.17) is 4.42 Å². The Morgan fingerprint density at radius 3 is 2.83 bits per heavy atom. The zero-order valence-corrected chi connectivity index (χ0v) is 10.5. The summed E-state index contributed by atoms with van der Waals surface area (Å²) in [5.74, 6) is 0.0557. The summed E-state index contributed by atoms with van der Waals surface area (Å²) in [6.07, 6.45) is 0.109. The van der Waals surface area contributed by atoms with Crippen LogP contribution in [0.5, 0.6) is 0 Å². The molecular formula is C13H18O5. The molecule has 18 heavy (non-hydrogen) atoms. The molecule has 0 amide bonds. The molecule has 0 aromatic carbocycles. The summed E-state index contributed by atoms with van der Waals surface area (Å²) < 4.78 is 5.21. The molecule has 5 nitrogen and oxygen atoms in total. The van der Waals surface area contributed by atoms with Crippen LogP contribution in [-0.4, -0.2) is 32.8 Å². The number of carbonyl (C=O) groups excluding carboxylic acids is 1. The van der Waals surface area contributed by atoms with E-state index in [-0.39, 0.29) is 18.0 Å². The molecule has 1 aliphatic carbocycles. The van der Waals surface area contributed by atoms with Gasteiger partial charge in [0.15, 0.2) is 11.5 Å². The van der Waals surface area contributed by atoms with Gasteiger partial charge in [0.1, 0.15) is 11.7 Å². The molecule has 2 rings (SSSR count). The highest BCUT2D eigenvalue weighted by Crippen LogP contribution is 2.40. The Labute approximate surface area is 105 Å². The van der Waals surface area contributed by atoms with Gasteiger partial charge in [-0.1, -0.05) is 6.92 Å². The van der Waals surface area contributed by atoms with Crippen molar-refractivity contribution in [2.75, 3.05) is 0 Å². The van der Waals surface area contributed by atoms with Gasteiger partial charge in [-0.05, 0) is 13.3 Å². The molecule has 0 aliphatic heterocycles. The Bertz CT molecular complexity index is 460. The third-order valence-corrected chi connectivity index (χ3v) is 3.58. The predicted octanol–water partition coefficient (Wildman–Crippen LogP) is 0.964. The van der Waals surface area contributed by atoms with Gasteiger partial charge in [-0.2, -0.15) is 0 Å². The van der Waals surface area contributed by atoms with E-state index in [0.29, 0.717) is 24.0 Å². The summed E-state index contributed by atoms with van der Waals surface area (Å²) in [6, 6.07) is 0. The molecule has 1 aromatic rings. The number of aliphatic hydroxyl groups is 3. The molecule has 0 spiro atoms. The first-order valence-electron chi connectivity index (χ1n) is 6.11. The molecule has 1 aromatic heterocycles. The number of hydrogen-bond donors (Lipinski definition) is 3. The number of aliphatic hydroxyl groups excluding tert-OH is 2. The molecular weight excluding hydrogens is 236 g/mol. The minimum absolute atomic E-state index is 0.112. The maximum Gasteiger partial charge on any atom is 0.198 e. The van der Waals surface area contributed by atoms with Gasteiger partial charge in [0, 0.05) is 24.0 Å². The molecule has 0 unspecified atom stereocenters. The van der Waals surface area contributed by atoms with E-state index in [2.05, 4.69) is 0 Å². The Balaban J connectivity index is 2.40. The third kappa shape index (κ3) is 1.88. The van der Waals surface area contributed by atoms with Crippen molar-refractivity contribution in [1.82, 2.24) is 0 Å². The van der Waals surface area contributed by atoms with E-state index >= 15 is 0 Å². The van der Waals surface area contributed by atoms with Crippen molar-refractivity contribution in [2.45, 2.75) is 50.9 Å². The van der Waals surface area contributed by atoms with Crippen molar-refractivity contribution in [3.8, 4) is 0 Å². The molecule has 0 saturated heterocycles. The highest BCUT2D eigenvalue weighted by Gasteiger charge is 2.46. The lowest BCUT2D eigenvalue weighted by Crippen LogP contribution is -2.49. The first-order valence-corrected chi connectivity index (χ1v) is 6.11. The molecule has 3 atom stereocenters. The highest BCUT2D eigenvalue weighted by molar-refractivity contribution is 5.95. The van der Waals surface area contributed by atoms with Crippen molar-refractivity contribution in [1.29, 1.82) is 0 Å². The van der Waals surface area contributed by atoms with E-state index in [0.717, 1.165) is 0 Å². The fraction of sp³-hybridized carbons (Fsp3) is 0.615. The van der Waals surface area contributed by atoms with Crippen LogP contribution in [0.2, 0.25) is 0 Å². The number of ketones is 1. The summed E-state index contributed by atoms with van der Waals surface area (Å²) in [7, 11) is 0. The van der Waals surface area contributed by atoms with Gasteiger partial charge in [0.2, 0.25) is 0 Å². The maximum atomic E-state index is 11.8. The van der Waals surface area contributed by atoms with Crippen LogP contribution in [0.3, 0.4) is 0 Å². The first kappa shape index (κ1) is 13.3. The van der Waals surface area contributed by atoms with Crippen LogP contribution in [0.25, 0.3) is 0 Å². The summed E-state index contributed by atoms with van der Waals surface area (Å²) >= 11 is 0. The number of rotatable bonds is 3. The van der Waals surface area contributed by atoms with Gasteiger partial charge >= 0.3 is 0 Å². The van der Waals surface area contributed by atoms with E-state index in [9.17, 15) is 20.1 Å².